The van der Waals surface area contributed by atoms with Gasteiger partial charge in [-0.15, -0.1) is 0 Å². The summed E-state index contributed by atoms with van der Waals surface area (Å²) in [6.45, 7) is 2.13. The Balaban J connectivity index is 1.71. The molecule has 5 rings (SSSR count). The molecule has 0 amide bonds. The number of hydrogen-bond donors (Lipinski definition) is 0. The Bertz CT molecular complexity index is 1220. The molecule has 2 heteroatoms. The Morgan fingerprint density at radius 3 is 2.39 bits per heavy atom. The van der Waals surface area contributed by atoms with Crippen molar-refractivity contribution in [2.24, 2.45) is 0 Å². The molecule has 0 N–H and O–H groups in total. The standard InChI is InChI=1S/C26H22N2/c1-19-9-7-10-20(17-19)21-11-8-12-22(18-21)26-27-24-15-5-6-16-25(24)28(26)23-13-3-2-4-14-23/h3,5-18H,2,4H2,1H3. The minimum absolute atomic E-state index is 0.994. The number of para-hydroxylation sites is 2. The number of allylic oxidation sites excluding steroid dienone is 4. The fraction of sp³-hybridized carbons (Fsp3) is 0.115. The fourth-order valence-corrected chi connectivity index (χ4v) is 3.91. The van der Waals surface area contributed by atoms with Gasteiger partial charge >= 0.3 is 0 Å². The van der Waals surface area contributed by atoms with E-state index in [9.17, 15) is 0 Å². The van der Waals surface area contributed by atoms with E-state index in [1.165, 1.54) is 22.4 Å². The van der Waals surface area contributed by atoms with Crippen molar-refractivity contribution in [3.8, 4) is 22.5 Å². The zero-order valence-corrected chi connectivity index (χ0v) is 16.0. The molecule has 0 radical (unpaired) electrons. The lowest BCUT2D eigenvalue weighted by molar-refractivity contribution is 1.01. The number of aromatic nitrogens is 2. The van der Waals surface area contributed by atoms with Gasteiger partial charge in [-0.2, -0.15) is 0 Å². The quantitative estimate of drug-likeness (QED) is 0.389. The van der Waals surface area contributed by atoms with Gasteiger partial charge in [-0.3, -0.25) is 4.57 Å². The highest BCUT2D eigenvalue weighted by atomic mass is 15.1. The summed E-state index contributed by atoms with van der Waals surface area (Å²) in [6.07, 6.45) is 8.94. The third-order valence-corrected chi connectivity index (χ3v) is 5.27. The predicted octanol–water partition coefficient (Wildman–Crippen LogP) is 6.87. The normalized spacial score (nSPS) is 13.7. The molecule has 0 bridgehead atoms. The average Bonchev–Trinajstić information content (AvgIpc) is 3.14. The first-order valence-corrected chi connectivity index (χ1v) is 9.82. The van der Waals surface area contributed by atoms with Crippen LogP contribution in [0.4, 0.5) is 0 Å². The van der Waals surface area contributed by atoms with E-state index in [2.05, 4.69) is 103 Å². The molecule has 4 aromatic rings. The lowest BCUT2D eigenvalue weighted by Crippen LogP contribution is -2.00. The van der Waals surface area contributed by atoms with Crippen molar-refractivity contribution in [1.82, 2.24) is 9.55 Å². The van der Waals surface area contributed by atoms with Gasteiger partial charge in [-0.05, 0) is 55.2 Å². The third-order valence-electron chi connectivity index (χ3n) is 5.27. The highest BCUT2D eigenvalue weighted by Gasteiger charge is 2.15. The van der Waals surface area contributed by atoms with Gasteiger partial charge in [0.1, 0.15) is 5.82 Å². The summed E-state index contributed by atoms with van der Waals surface area (Å²) in [6, 6.07) is 25.7. The van der Waals surface area contributed by atoms with Gasteiger partial charge in [0, 0.05) is 11.3 Å². The highest BCUT2D eigenvalue weighted by molar-refractivity contribution is 5.87. The number of fused-ring (bicyclic) bond motifs is 1. The van der Waals surface area contributed by atoms with Gasteiger partial charge < -0.3 is 0 Å². The van der Waals surface area contributed by atoms with Crippen LogP contribution in [0, 0.1) is 6.92 Å². The second-order valence-electron chi connectivity index (χ2n) is 7.32. The van der Waals surface area contributed by atoms with Crippen molar-refractivity contribution in [2.45, 2.75) is 19.8 Å². The Kier molecular flexibility index (Phi) is 4.17. The molecule has 0 saturated carbocycles. The van der Waals surface area contributed by atoms with Crippen LogP contribution in [0.3, 0.4) is 0 Å². The molecule has 2 nitrogen and oxygen atoms in total. The SMILES string of the molecule is Cc1cccc(-c2cccc(-c3nc4ccccc4n3C3=CCCC=C3)c2)c1. The molecule has 1 aliphatic rings. The number of rotatable bonds is 3. The first-order chi connectivity index (χ1) is 13.8. The van der Waals surface area contributed by atoms with Gasteiger partial charge in [0.15, 0.2) is 0 Å². The molecule has 0 spiro atoms. The van der Waals surface area contributed by atoms with E-state index in [-0.39, 0.29) is 0 Å². The summed E-state index contributed by atoms with van der Waals surface area (Å²) in [7, 11) is 0. The van der Waals surface area contributed by atoms with Crippen molar-refractivity contribution < 1.29 is 0 Å². The molecule has 0 unspecified atom stereocenters. The van der Waals surface area contributed by atoms with Crippen molar-refractivity contribution in [3.05, 3.63) is 96.6 Å². The summed E-state index contributed by atoms with van der Waals surface area (Å²) in [5, 5.41) is 0. The maximum absolute atomic E-state index is 5.00. The molecule has 1 aromatic heterocycles. The summed E-state index contributed by atoms with van der Waals surface area (Å²) in [5.41, 5.74) is 8.24. The van der Waals surface area contributed by atoms with E-state index in [1.807, 2.05) is 0 Å². The molecule has 0 saturated heterocycles. The lowest BCUT2D eigenvalue weighted by atomic mass is 10.0. The van der Waals surface area contributed by atoms with Crippen LogP contribution in [0.25, 0.3) is 39.2 Å². The van der Waals surface area contributed by atoms with Crippen LogP contribution < -0.4 is 0 Å². The van der Waals surface area contributed by atoms with Crippen LogP contribution in [-0.4, -0.2) is 9.55 Å². The number of nitrogens with zero attached hydrogens (tertiary/aromatic N) is 2. The molecule has 28 heavy (non-hydrogen) atoms. The largest absolute Gasteiger partial charge is 0.293 e. The Labute approximate surface area is 165 Å². The van der Waals surface area contributed by atoms with Crippen LogP contribution in [0.15, 0.2) is 91.0 Å². The molecular weight excluding hydrogens is 340 g/mol. The van der Waals surface area contributed by atoms with Crippen molar-refractivity contribution >= 4 is 16.7 Å². The number of imidazole rings is 1. The maximum atomic E-state index is 5.00. The molecule has 0 fully saturated rings. The van der Waals surface area contributed by atoms with Gasteiger partial charge in [-0.1, -0.05) is 72.3 Å². The number of benzene rings is 3. The van der Waals surface area contributed by atoms with Crippen molar-refractivity contribution in [1.29, 1.82) is 0 Å². The highest BCUT2D eigenvalue weighted by Crippen LogP contribution is 2.32. The molecule has 136 valence electrons. The van der Waals surface area contributed by atoms with Crippen LogP contribution in [0.5, 0.6) is 0 Å². The maximum Gasteiger partial charge on any atom is 0.145 e. The van der Waals surface area contributed by atoms with Gasteiger partial charge in [0.2, 0.25) is 0 Å². The van der Waals surface area contributed by atoms with E-state index < -0.39 is 0 Å². The zero-order chi connectivity index (χ0) is 18.9. The Morgan fingerprint density at radius 2 is 1.57 bits per heavy atom. The van der Waals surface area contributed by atoms with E-state index in [4.69, 9.17) is 4.98 Å². The number of aryl methyl sites for hydroxylation is 1. The molecule has 3 aromatic carbocycles. The molecule has 0 aliphatic heterocycles. The minimum Gasteiger partial charge on any atom is -0.293 e. The third kappa shape index (κ3) is 2.97. The second kappa shape index (κ2) is 6.97. The summed E-state index contributed by atoms with van der Waals surface area (Å²) >= 11 is 0. The van der Waals surface area contributed by atoms with Crippen LogP contribution in [0.2, 0.25) is 0 Å². The monoisotopic (exact) mass is 362 g/mol. The topological polar surface area (TPSA) is 17.8 Å². The van der Waals surface area contributed by atoms with Crippen LogP contribution in [-0.2, 0) is 0 Å². The lowest BCUT2D eigenvalue weighted by Gasteiger charge is -2.14. The molecule has 1 aliphatic carbocycles. The number of hydrogen-bond acceptors (Lipinski definition) is 1. The van der Waals surface area contributed by atoms with Crippen molar-refractivity contribution in [2.75, 3.05) is 0 Å². The van der Waals surface area contributed by atoms with E-state index in [0.29, 0.717) is 0 Å². The van der Waals surface area contributed by atoms with E-state index in [0.717, 1.165) is 35.3 Å². The van der Waals surface area contributed by atoms with Gasteiger partial charge in [0.25, 0.3) is 0 Å². The van der Waals surface area contributed by atoms with Crippen LogP contribution >= 0.6 is 0 Å². The van der Waals surface area contributed by atoms with E-state index in [1.54, 1.807) is 0 Å². The second-order valence-corrected chi connectivity index (χ2v) is 7.32. The molecule has 0 atom stereocenters. The van der Waals surface area contributed by atoms with Gasteiger partial charge in [0.05, 0.1) is 11.0 Å². The van der Waals surface area contributed by atoms with Crippen molar-refractivity contribution in [3.63, 3.8) is 0 Å². The Morgan fingerprint density at radius 1 is 0.786 bits per heavy atom. The zero-order valence-electron chi connectivity index (χ0n) is 16.0. The smallest absolute Gasteiger partial charge is 0.145 e. The summed E-state index contributed by atoms with van der Waals surface area (Å²) in [5.74, 6) is 0.994. The minimum atomic E-state index is 0.994. The first kappa shape index (κ1) is 16.8. The fourth-order valence-electron chi connectivity index (χ4n) is 3.91. The summed E-state index contributed by atoms with van der Waals surface area (Å²) < 4.78 is 2.29. The summed E-state index contributed by atoms with van der Waals surface area (Å²) in [4.78, 5) is 5.00. The first-order valence-electron chi connectivity index (χ1n) is 9.82. The van der Waals surface area contributed by atoms with Crippen LogP contribution in [0.1, 0.15) is 18.4 Å². The molecule has 1 heterocycles. The molecular formula is C26H22N2. The van der Waals surface area contributed by atoms with E-state index >= 15 is 0 Å². The average molecular weight is 362 g/mol. The predicted molar refractivity (Wildman–Crippen MR) is 118 cm³/mol. The van der Waals surface area contributed by atoms with Gasteiger partial charge in [-0.25, -0.2) is 4.98 Å². The Hall–Kier alpha value is -3.39.